The lowest BCUT2D eigenvalue weighted by Gasteiger charge is -2.26. The standard InChI is InChI=1S/C24H28N4O3S/c1-18(22(29)25-19-8-3-2-4-9-19)32-24-26-21-11-6-5-10-20(21)23(30)28(24)13-7-12-27-14-16-31-17-15-27/h2-6,8-11,18H,7,12-17H2,1H3,(H,25,29)/t18-/m1/s1. The number of nitrogens with one attached hydrogen (secondary N) is 1. The van der Waals surface area contributed by atoms with Crippen LogP contribution in [0.3, 0.4) is 0 Å². The van der Waals surface area contributed by atoms with E-state index in [9.17, 15) is 9.59 Å². The molecule has 2 heterocycles. The molecule has 8 heteroatoms. The Morgan fingerprint density at radius 1 is 1.09 bits per heavy atom. The summed E-state index contributed by atoms with van der Waals surface area (Å²) in [7, 11) is 0. The van der Waals surface area contributed by atoms with Crippen molar-refractivity contribution >= 4 is 34.3 Å². The van der Waals surface area contributed by atoms with Gasteiger partial charge < -0.3 is 10.1 Å². The van der Waals surface area contributed by atoms with Crippen LogP contribution in [0.15, 0.2) is 64.5 Å². The minimum atomic E-state index is -0.409. The fraction of sp³-hybridized carbons (Fsp3) is 0.375. The van der Waals surface area contributed by atoms with Gasteiger partial charge in [0.1, 0.15) is 0 Å². The SMILES string of the molecule is C[C@@H](Sc1nc2ccccc2c(=O)n1CCCN1CCOCC1)C(=O)Nc1ccccc1. The molecule has 0 radical (unpaired) electrons. The Bertz CT molecular complexity index is 1110. The van der Waals surface area contributed by atoms with E-state index < -0.39 is 5.25 Å². The molecule has 3 aromatic rings. The molecule has 32 heavy (non-hydrogen) atoms. The van der Waals surface area contributed by atoms with Crippen LogP contribution in [0.1, 0.15) is 13.3 Å². The Hall–Kier alpha value is -2.68. The number of rotatable bonds is 8. The van der Waals surface area contributed by atoms with Crippen molar-refractivity contribution in [2.45, 2.75) is 30.3 Å². The van der Waals surface area contributed by atoms with Gasteiger partial charge in [0.2, 0.25) is 5.91 Å². The average Bonchev–Trinajstić information content (AvgIpc) is 2.82. The second-order valence-electron chi connectivity index (χ2n) is 7.79. The summed E-state index contributed by atoms with van der Waals surface area (Å²) >= 11 is 1.32. The maximum atomic E-state index is 13.2. The van der Waals surface area contributed by atoms with Gasteiger partial charge in [-0.2, -0.15) is 0 Å². The van der Waals surface area contributed by atoms with Crippen LogP contribution in [-0.2, 0) is 16.1 Å². The van der Waals surface area contributed by atoms with Gasteiger partial charge in [-0.3, -0.25) is 19.1 Å². The summed E-state index contributed by atoms with van der Waals surface area (Å²) < 4.78 is 7.13. The molecule has 168 valence electrons. The molecule has 7 nitrogen and oxygen atoms in total. The highest BCUT2D eigenvalue weighted by Gasteiger charge is 2.20. The Morgan fingerprint density at radius 3 is 2.59 bits per heavy atom. The molecule has 0 spiro atoms. The van der Waals surface area contributed by atoms with Crippen molar-refractivity contribution in [2.75, 3.05) is 38.2 Å². The monoisotopic (exact) mass is 452 g/mol. The molecule has 1 fully saturated rings. The number of ether oxygens (including phenoxy) is 1. The molecule has 1 aromatic heterocycles. The third kappa shape index (κ3) is 5.56. The third-order valence-corrected chi connectivity index (χ3v) is 6.57. The van der Waals surface area contributed by atoms with Gasteiger partial charge in [0.05, 0.1) is 29.4 Å². The molecule has 0 aliphatic carbocycles. The van der Waals surface area contributed by atoms with Gasteiger partial charge in [-0.15, -0.1) is 0 Å². The first kappa shape index (κ1) is 22.5. The summed E-state index contributed by atoms with van der Waals surface area (Å²) in [4.78, 5) is 33.1. The van der Waals surface area contributed by atoms with Gasteiger partial charge in [-0.1, -0.05) is 42.1 Å². The summed E-state index contributed by atoms with van der Waals surface area (Å²) in [6, 6.07) is 16.7. The number of carbonyl (C=O) groups excluding carboxylic acids is 1. The molecule has 0 unspecified atom stereocenters. The summed E-state index contributed by atoms with van der Waals surface area (Å²) in [5.74, 6) is -0.122. The second kappa shape index (κ2) is 10.8. The largest absolute Gasteiger partial charge is 0.379 e. The van der Waals surface area contributed by atoms with E-state index in [4.69, 9.17) is 9.72 Å². The normalized spacial score (nSPS) is 15.5. The number of hydrogen-bond acceptors (Lipinski definition) is 6. The summed E-state index contributed by atoms with van der Waals surface area (Å²) in [5, 5.41) is 3.69. The lowest BCUT2D eigenvalue weighted by atomic mass is 10.2. The first-order chi connectivity index (χ1) is 15.6. The molecule has 2 aromatic carbocycles. The van der Waals surface area contributed by atoms with Crippen molar-refractivity contribution < 1.29 is 9.53 Å². The Labute approximate surface area is 191 Å². The van der Waals surface area contributed by atoms with Crippen LogP contribution in [0.25, 0.3) is 10.9 Å². The summed E-state index contributed by atoms with van der Waals surface area (Å²) in [6.07, 6.45) is 0.831. The number of para-hydroxylation sites is 2. The Kier molecular flexibility index (Phi) is 7.57. The van der Waals surface area contributed by atoms with Crippen LogP contribution in [0.4, 0.5) is 5.69 Å². The molecule has 0 saturated carbocycles. The van der Waals surface area contributed by atoms with Crippen LogP contribution in [0.5, 0.6) is 0 Å². The smallest absolute Gasteiger partial charge is 0.262 e. The molecule has 1 amide bonds. The number of hydrogen-bond donors (Lipinski definition) is 1. The highest BCUT2D eigenvalue weighted by atomic mass is 32.2. The molecule has 4 rings (SSSR count). The fourth-order valence-electron chi connectivity index (χ4n) is 3.69. The third-order valence-electron chi connectivity index (χ3n) is 5.48. The number of nitrogens with zero attached hydrogens (tertiary/aromatic N) is 3. The van der Waals surface area contributed by atoms with Crippen LogP contribution in [0, 0.1) is 0 Å². The van der Waals surface area contributed by atoms with Crippen molar-refractivity contribution in [3.8, 4) is 0 Å². The molecule has 1 saturated heterocycles. The zero-order valence-electron chi connectivity index (χ0n) is 18.2. The van der Waals surface area contributed by atoms with Gasteiger partial charge in [0.25, 0.3) is 5.56 Å². The van der Waals surface area contributed by atoms with Crippen molar-refractivity contribution in [3.05, 3.63) is 65.0 Å². The number of amides is 1. The number of fused-ring (bicyclic) bond motifs is 1. The fourth-order valence-corrected chi connectivity index (χ4v) is 4.62. The zero-order valence-corrected chi connectivity index (χ0v) is 19.0. The predicted molar refractivity (Wildman–Crippen MR) is 128 cm³/mol. The van der Waals surface area contributed by atoms with E-state index in [1.807, 2.05) is 61.5 Å². The molecule has 1 aliphatic heterocycles. The van der Waals surface area contributed by atoms with Crippen molar-refractivity contribution in [1.29, 1.82) is 0 Å². The minimum Gasteiger partial charge on any atom is -0.379 e. The maximum absolute atomic E-state index is 13.2. The van der Waals surface area contributed by atoms with Crippen LogP contribution in [0.2, 0.25) is 0 Å². The molecule has 0 bridgehead atoms. The number of anilines is 1. The first-order valence-corrected chi connectivity index (χ1v) is 11.8. The summed E-state index contributed by atoms with van der Waals surface area (Å²) in [6.45, 7) is 6.65. The Balaban J connectivity index is 1.52. The van der Waals surface area contributed by atoms with Crippen molar-refractivity contribution in [1.82, 2.24) is 14.5 Å². The molecule has 1 atom stereocenters. The molecular formula is C24H28N4O3S. The molecule has 1 N–H and O–H groups in total. The maximum Gasteiger partial charge on any atom is 0.262 e. The quantitative estimate of drug-likeness (QED) is 0.418. The van der Waals surface area contributed by atoms with Gasteiger partial charge in [-0.25, -0.2) is 4.98 Å². The highest BCUT2D eigenvalue weighted by molar-refractivity contribution is 8.00. The number of carbonyl (C=O) groups is 1. The van der Waals surface area contributed by atoms with Crippen LogP contribution in [-0.4, -0.2) is 58.5 Å². The van der Waals surface area contributed by atoms with E-state index in [0.717, 1.165) is 45.0 Å². The van der Waals surface area contributed by atoms with E-state index in [1.54, 1.807) is 4.57 Å². The number of thioether (sulfide) groups is 1. The van der Waals surface area contributed by atoms with E-state index in [2.05, 4.69) is 10.2 Å². The number of benzene rings is 2. The number of morpholine rings is 1. The molecule has 1 aliphatic rings. The zero-order chi connectivity index (χ0) is 22.3. The molecular weight excluding hydrogens is 424 g/mol. The van der Waals surface area contributed by atoms with E-state index >= 15 is 0 Å². The van der Waals surface area contributed by atoms with E-state index in [0.29, 0.717) is 22.6 Å². The lowest BCUT2D eigenvalue weighted by molar-refractivity contribution is -0.115. The Morgan fingerprint density at radius 2 is 1.81 bits per heavy atom. The summed E-state index contributed by atoms with van der Waals surface area (Å²) in [5.41, 5.74) is 1.34. The second-order valence-corrected chi connectivity index (χ2v) is 9.10. The lowest BCUT2D eigenvalue weighted by Crippen LogP contribution is -2.37. The first-order valence-electron chi connectivity index (χ1n) is 10.9. The predicted octanol–water partition coefficient (Wildman–Crippen LogP) is 3.24. The van der Waals surface area contributed by atoms with Gasteiger partial charge in [0.15, 0.2) is 5.16 Å². The highest BCUT2D eigenvalue weighted by Crippen LogP contribution is 2.24. The van der Waals surface area contributed by atoms with Crippen molar-refractivity contribution in [2.24, 2.45) is 0 Å². The van der Waals surface area contributed by atoms with E-state index in [-0.39, 0.29) is 11.5 Å². The minimum absolute atomic E-state index is 0.0595. The van der Waals surface area contributed by atoms with Gasteiger partial charge in [-0.05, 0) is 37.6 Å². The van der Waals surface area contributed by atoms with Crippen LogP contribution < -0.4 is 10.9 Å². The number of aromatic nitrogens is 2. The van der Waals surface area contributed by atoms with Gasteiger partial charge in [0, 0.05) is 31.9 Å². The van der Waals surface area contributed by atoms with Crippen molar-refractivity contribution in [3.63, 3.8) is 0 Å². The van der Waals surface area contributed by atoms with E-state index in [1.165, 1.54) is 11.8 Å². The topological polar surface area (TPSA) is 76.5 Å². The average molecular weight is 453 g/mol. The van der Waals surface area contributed by atoms with Crippen LogP contribution >= 0.6 is 11.8 Å². The van der Waals surface area contributed by atoms with Gasteiger partial charge >= 0.3 is 0 Å².